The van der Waals surface area contributed by atoms with Crippen molar-refractivity contribution in [2.45, 2.75) is 30.7 Å². The summed E-state index contributed by atoms with van der Waals surface area (Å²) in [5, 5.41) is 2.11. The predicted octanol–water partition coefficient (Wildman–Crippen LogP) is 3.92. The minimum Gasteiger partial charge on any atom is -0.293 e. The molecule has 1 atom stereocenters. The first-order chi connectivity index (χ1) is 11.5. The number of hydrogen-bond acceptors (Lipinski definition) is 5. The summed E-state index contributed by atoms with van der Waals surface area (Å²) in [5.74, 6) is 0.0438. The molecule has 24 heavy (non-hydrogen) atoms. The minimum atomic E-state index is -0.313. The van der Waals surface area contributed by atoms with E-state index < -0.39 is 0 Å². The summed E-state index contributed by atoms with van der Waals surface area (Å²) in [5.41, 5.74) is 2.52. The van der Waals surface area contributed by atoms with Crippen molar-refractivity contribution in [2.75, 3.05) is 0 Å². The van der Waals surface area contributed by atoms with Crippen LogP contribution in [0.2, 0.25) is 0 Å². The number of carbonyl (C=O) groups is 1. The molecule has 0 N–H and O–H groups in total. The van der Waals surface area contributed by atoms with E-state index in [9.17, 15) is 9.59 Å². The molecule has 0 spiro atoms. The Hall–Kier alpha value is -1.92. The Morgan fingerprint density at radius 3 is 2.67 bits per heavy atom. The van der Waals surface area contributed by atoms with Gasteiger partial charge in [-0.3, -0.25) is 14.2 Å². The lowest BCUT2D eigenvalue weighted by molar-refractivity contribution is 0.0994. The number of thiophene rings is 1. The lowest BCUT2D eigenvalue weighted by Crippen LogP contribution is -2.21. The fraction of sp³-hybridized carbons (Fsp3) is 0.278. The first-order valence-corrected chi connectivity index (χ1v) is 9.51. The van der Waals surface area contributed by atoms with Crippen LogP contribution < -0.4 is 5.56 Å². The zero-order chi connectivity index (χ0) is 17.3. The molecule has 0 amide bonds. The number of Topliss-reactive ketones (excluding diaryl/α,β-unsaturated/α-hetero) is 1. The molecule has 0 radical (unpaired) electrons. The van der Waals surface area contributed by atoms with Crippen LogP contribution in [0.25, 0.3) is 10.2 Å². The van der Waals surface area contributed by atoms with Gasteiger partial charge in [-0.1, -0.05) is 43.0 Å². The van der Waals surface area contributed by atoms with Crippen LogP contribution >= 0.6 is 23.1 Å². The van der Waals surface area contributed by atoms with Crippen molar-refractivity contribution in [1.82, 2.24) is 9.55 Å². The molecule has 3 rings (SSSR count). The standard InChI is InChI=1S/C18H18N2O2S2/c1-4-12-5-7-13(8-6-12)15(21)11(2)24-18-19-14-9-10-23-16(14)17(22)20(18)3/h5-11H,4H2,1-3H3. The van der Waals surface area contributed by atoms with E-state index in [2.05, 4.69) is 11.9 Å². The Balaban J connectivity index is 1.85. The highest BCUT2D eigenvalue weighted by atomic mass is 32.2. The fourth-order valence-electron chi connectivity index (χ4n) is 2.42. The average molecular weight is 358 g/mol. The van der Waals surface area contributed by atoms with Crippen LogP contribution in [0.5, 0.6) is 0 Å². The molecule has 2 aromatic heterocycles. The molecule has 1 aromatic carbocycles. The lowest BCUT2D eigenvalue weighted by Gasteiger charge is -2.12. The molecule has 4 nitrogen and oxygen atoms in total. The summed E-state index contributed by atoms with van der Waals surface area (Å²) < 4.78 is 2.17. The number of thioether (sulfide) groups is 1. The van der Waals surface area contributed by atoms with Crippen molar-refractivity contribution in [3.05, 3.63) is 57.2 Å². The van der Waals surface area contributed by atoms with Gasteiger partial charge in [0.2, 0.25) is 0 Å². The molecule has 0 bridgehead atoms. The summed E-state index contributed by atoms with van der Waals surface area (Å²) in [6, 6.07) is 9.53. The number of aryl methyl sites for hydroxylation is 1. The van der Waals surface area contributed by atoms with Crippen LogP contribution in [-0.2, 0) is 13.5 Å². The summed E-state index contributed by atoms with van der Waals surface area (Å²) >= 11 is 2.71. The number of ketones is 1. The van der Waals surface area contributed by atoms with E-state index in [1.807, 2.05) is 42.6 Å². The molecule has 0 aliphatic carbocycles. The highest BCUT2D eigenvalue weighted by Gasteiger charge is 2.19. The molecule has 3 aromatic rings. The highest BCUT2D eigenvalue weighted by Crippen LogP contribution is 2.25. The first kappa shape index (κ1) is 16.9. The Bertz CT molecular complexity index is 942. The van der Waals surface area contributed by atoms with Crippen molar-refractivity contribution in [2.24, 2.45) is 7.05 Å². The highest BCUT2D eigenvalue weighted by molar-refractivity contribution is 8.00. The third-order valence-corrected chi connectivity index (χ3v) is 5.98. The molecule has 1 unspecified atom stereocenters. The third-order valence-electron chi connectivity index (χ3n) is 3.94. The average Bonchev–Trinajstić information content (AvgIpc) is 3.07. The van der Waals surface area contributed by atoms with Gasteiger partial charge in [-0.05, 0) is 30.4 Å². The van der Waals surface area contributed by atoms with Gasteiger partial charge >= 0.3 is 0 Å². The SMILES string of the molecule is CCc1ccc(C(=O)C(C)Sc2nc3ccsc3c(=O)n2C)cc1. The zero-order valence-electron chi connectivity index (χ0n) is 13.8. The van der Waals surface area contributed by atoms with E-state index in [0.29, 0.717) is 20.9 Å². The number of benzene rings is 1. The number of rotatable bonds is 5. The molecule has 0 saturated heterocycles. The van der Waals surface area contributed by atoms with Crippen molar-refractivity contribution in [3.8, 4) is 0 Å². The van der Waals surface area contributed by atoms with Crippen LogP contribution in [0.15, 0.2) is 45.7 Å². The van der Waals surface area contributed by atoms with Gasteiger partial charge in [0.15, 0.2) is 10.9 Å². The Labute approximate surface area is 148 Å². The summed E-state index contributed by atoms with van der Waals surface area (Å²) in [7, 11) is 1.70. The molecule has 0 fully saturated rings. The van der Waals surface area contributed by atoms with Gasteiger partial charge in [0.25, 0.3) is 5.56 Å². The fourth-order valence-corrected chi connectivity index (χ4v) is 4.18. The van der Waals surface area contributed by atoms with E-state index in [1.54, 1.807) is 7.05 Å². The van der Waals surface area contributed by atoms with Gasteiger partial charge in [0.05, 0.1) is 10.8 Å². The van der Waals surface area contributed by atoms with E-state index in [-0.39, 0.29) is 16.6 Å². The third kappa shape index (κ3) is 3.16. The van der Waals surface area contributed by atoms with Crippen LogP contribution in [0.3, 0.4) is 0 Å². The molecule has 124 valence electrons. The molecular formula is C18H18N2O2S2. The van der Waals surface area contributed by atoms with Crippen LogP contribution in [0.1, 0.15) is 29.8 Å². The normalized spacial score (nSPS) is 12.5. The summed E-state index contributed by atoms with van der Waals surface area (Å²) in [4.78, 5) is 29.5. The number of nitrogens with zero attached hydrogens (tertiary/aromatic N) is 2. The topological polar surface area (TPSA) is 52.0 Å². The van der Waals surface area contributed by atoms with Crippen molar-refractivity contribution >= 4 is 39.1 Å². The minimum absolute atomic E-state index is 0.0438. The quantitative estimate of drug-likeness (QED) is 0.394. The second-order valence-electron chi connectivity index (χ2n) is 5.57. The number of fused-ring (bicyclic) bond motifs is 1. The second kappa shape index (κ2) is 6.91. The van der Waals surface area contributed by atoms with Gasteiger partial charge in [0, 0.05) is 12.6 Å². The molecular weight excluding hydrogens is 340 g/mol. The van der Waals surface area contributed by atoms with E-state index >= 15 is 0 Å². The zero-order valence-corrected chi connectivity index (χ0v) is 15.4. The summed E-state index contributed by atoms with van der Waals surface area (Å²) in [6.07, 6.45) is 0.950. The van der Waals surface area contributed by atoms with Gasteiger partial charge in [0.1, 0.15) is 4.70 Å². The molecule has 0 aliphatic rings. The lowest BCUT2D eigenvalue weighted by atomic mass is 10.1. The smallest absolute Gasteiger partial charge is 0.271 e. The molecule has 6 heteroatoms. The van der Waals surface area contributed by atoms with E-state index in [0.717, 1.165) is 6.42 Å². The van der Waals surface area contributed by atoms with Crippen LogP contribution in [0.4, 0.5) is 0 Å². The van der Waals surface area contributed by atoms with Crippen molar-refractivity contribution in [3.63, 3.8) is 0 Å². The Morgan fingerprint density at radius 2 is 2.00 bits per heavy atom. The van der Waals surface area contributed by atoms with E-state index in [4.69, 9.17) is 0 Å². The number of hydrogen-bond donors (Lipinski definition) is 0. The molecule has 0 aliphatic heterocycles. The van der Waals surface area contributed by atoms with Gasteiger partial charge in [-0.25, -0.2) is 4.98 Å². The van der Waals surface area contributed by atoms with Crippen molar-refractivity contribution in [1.29, 1.82) is 0 Å². The van der Waals surface area contributed by atoms with Crippen LogP contribution in [-0.4, -0.2) is 20.6 Å². The Kier molecular flexibility index (Phi) is 4.87. The number of aromatic nitrogens is 2. The second-order valence-corrected chi connectivity index (χ2v) is 7.79. The first-order valence-electron chi connectivity index (χ1n) is 7.75. The maximum absolute atomic E-state index is 12.6. The Morgan fingerprint density at radius 1 is 1.29 bits per heavy atom. The van der Waals surface area contributed by atoms with E-state index in [1.165, 1.54) is 33.2 Å². The van der Waals surface area contributed by atoms with Gasteiger partial charge < -0.3 is 0 Å². The van der Waals surface area contributed by atoms with Crippen molar-refractivity contribution < 1.29 is 4.79 Å². The molecule has 0 saturated carbocycles. The monoisotopic (exact) mass is 358 g/mol. The largest absolute Gasteiger partial charge is 0.293 e. The van der Waals surface area contributed by atoms with Gasteiger partial charge in [-0.15, -0.1) is 11.3 Å². The maximum atomic E-state index is 12.6. The predicted molar refractivity (Wildman–Crippen MR) is 100 cm³/mol. The maximum Gasteiger partial charge on any atom is 0.271 e. The van der Waals surface area contributed by atoms with Gasteiger partial charge in [-0.2, -0.15) is 0 Å². The number of carbonyl (C=O) groups excluding carboxylic acids is 1. The van der Waals surface area contributed by atoms with Crippen LogP contribution in [0, 0.1) is 0 Å². The molecule has 2 heterocycles. The summed E-state index contributed by atoms with van der Waals surface area (Å²) in [6.45, 7) is 3.94.